The van der Waals surface area contributed by atoms with Crippen molar-refractivity contribution in [1.82, 2.24) is 10.2 Å². The number of carbonyl (C=O) groups excluding carboxylic acids is 1. The molecule has 1 amide bonds. The minimum absolute atomic E-state index is 0.0100. The highest BCUT2D eigenvalue weighted by Gasteiger charge is 2.36. The normalized spacial score (nSPS) is 22.9. The number of fused-ring (bicyclic) bond motifs is 1. The monoisotopic (exact) mass is 372 g/mol. The molecule has 1 aliphatic carbocycles. The molecule has 27 heavy (non-hydrogen) atoms. The predicted molar refractivity (Wildman–Crippen MR) is 110 cm³/mol. The van der Waals surface area contributed by atoms with Gasteiger partial charge in [0, 0.05) is 12.6 Å². The summed E-state index contributed by atoms with van der Waals surface area (Å²) in [4.78, 5) is 15.3. The van der Waals surface area contributed by atoms with Crippen molar-refractivity contribution >= 4 is 5.91 Å². The number of benzene rings is 1. The van der Waals surface area contributed by atoms with Crippen LogP contribution < -0.4 is 5.32 Å². The summed E-state index contributed by atoms with van der Waals surface area (Å²) in [5.74, 6) is 1.12. The van der Waals surface area contributed by atoms with Crippen molar-refractivity contribution in [2.45, 2.75) is 70.9 Å². The van der Waals surface area contributed by atoms with Crippen LogP contribution in [0, 0.1) is 11.8 Å². The molecule has 0 saturated heterocycles. The maximum absolute atomic E-state index is 13.2. The summed E-state index contributed by atoms with van der Waals surface area (Å²) in [6.07, 6.45) is 8.28. The standard InChI is InChI=1S/C23H36N2O2/c1-3-17(2)21(16-26)24-15-22(27)25-14-13-18-9-7-8-12-20(18)23(25)19-10-5-4-6-11-19/h7-9,12,17,19,21,23-24,26H,3-6,10-11,13-16H2,1-2H3/t17-,21+,23?/m0/s1. The molecule has 3 atom stereocenters. The second kappa shape index (κ2) is 9.70. The third-order valence-corrected chi connectivity index (χ3v) is 6.79. The van der Waals surface area contributed by atoms with Crippen molar-refractivity contribution in [1.29, 1.82) is 0 Å². The average Bonchev–Trinajstić information content (AvgIpc) is 2.73. The summed E-state index contributed by atoms with van der Waals surface area (Å²) >= 11 is 0. The Morgan fingerprint density at radius 2 is 2.00 bits per heavy atom. The van der Waals surface area contributed by atoms with E-state index in [2.05, 4.69) is 48.3 Å². The van der Waals surface area contributed by atoms with Crippen LogP contribution in [-0.2, 0) is 11.2 Å². The number of nitrogens with one attached hydrogen (secondary N) is 1. The molecule has 1 fully saturated rings. The molecule has 1 saturated carbocycles. The summed E-state index contributed by atoms with van der Waals surface area (Å²) in [5, 5.41) is 13.0. The van der Waals surface area contributed by atoms with Crippen molar-refractivity contribution in [3.63, 3.8) is 0 Å². The second-order valence-electron chi connectivity index (χ2n) is 8.43. The Hall–Kier alpha value is -1.39. The van der Waals surface area contributed by atoms with E-state index >= 15 is 0 Å². The van der Waals surface area contributed by atoms with Crippen LogP contribution in [0.25, 0.3) is 0 Å². The minimum Gasteiger partial charge on any atom is -0.395 e. The smallest absolute Gasteiger partial charge is 0.237 e. The van der Waals surface area contributed by atoms with Gasteiger partial charge in [-0.3, -0.25) is 4.79 Å². The maximum Gasteiger partial charge on any atom is 0.237 e. The first-order chi connectivity index (χ1) is 13.2. The first-order valence-electron chi connectivity index (χ1n) is 10.9. The fourth-order valence-electron chi connectivity index (χ4n) is 4.89. The Morgan fingerprint density at radius 1 is 1.26 bits per heavy atom. The van der Waals surface area contributed by atoms with Gasteiger partial charge in [0.15, 0.2) is 0 Å². The van der Waals surface area contributed by atoms with E-state index in [0.717, 1.165) is 19.4 Å². The van der Waals surface area contributed by atoms with Gasteiger partial charge in [-0.2, -0.15) is 0 Å². The Balaban J connectivity index is 1.75. The average molecular weight is 373 g/mol. The Kier molecular flexibility index (Phi) is 7.31. The van der Waals surface area contributed by atoms with E-state index < -0.39 is 0 Å². The minimum atomic E-state index is -0.0100. The molecule has 2 N–H and O–H groups in total. The van der Waals surface area contributed by atoms with E-state index in [4.69, 9.17) is 0 Å². The van der Waals surface area contributed by atoms with Crippen LogP contribution in [0.2, 0.25) is 0 Å². The van der Waals surface area contributed by atoms with Gasteiger partial charge in [0.25, 0.3) is 0 Å². The van der Waals surface area contributed by atoms with Crippen molar-refractivity contribution in [2.24, 2.45) is 11.8 Å². The third kappa shape index (κ3) is 4.72. The lowest BCUT2D eigenvalue weighted by atomic mass is 9.77. The van der Waals surface area contributed by atoms with Crippen LogP contribution in [0.1, 0.15) is 69.5 Å². The molecule has 0 radical (unpaired) electrons. The van der Waals surface area contributed by atoms with Gasteiger partial charge in [-0.05, 0) is 42.2 Å². The molecule has 4 nitrogen and oxygen atoms in total. The fourth-order valence-corrected chi connectivity index (χ4v) is 4.89. The molecular formula is C23H36N2O2. The summed E-state index contributed by atoms with van der Waals surface area (Å²) in [6.45, 7) is 5.46. The third-order valence-electron chi connectivity index (χ3n) is 6.79. The number of hydrogen-bond donors (Lipinski definition) is 2. The predicted octanol–water partition coefficient (Wildman–Crippen LogP) is 3.69. The SMILES string of the molecule is CC[C@H](C)[C@@H](CO)NCC(=O)N1CCc2ccccc2C1C1CCCCC1. The number of carbonyl (C=O) groups is 1. The number of hydrogen-bond acceptors (Lipinski definition) is 3. The van der Waals surface area contributed by atoms with E-state index in [0.29, 0.717) is 18.4 Å². The summed E-state index contributed by atoms with van der Waals surface area (Å²) in [6, 6.07) is 8.91. The molecule has 0 spiro atoms. The Morgan fingerprint density at radius 3 is 2.70 bits per heavy atom. The molecule has 3 rings (SSSR count). The molecule has 1 unspecified atom stereocenters. The van der Waals surface area contributed by atoms with Crippen LogP contribution in [0.4, 0.5) is 0 Å². The first kappa shape index (κ1) is 20.3. The summed E-state index contributed by atoms with van der Waals surface area (Å²) < 4.78 is 0. The van der Waals surface area contributed by atoms with E-state index in [1.807, 2.05) is 0 Å². The van der Waals surface area contributed by atoms with Gasteiger partial charge in [-0.15, -0.1) is 0 Å². The zero-order valence-corrected chi connectivity index (χ0v) is 17.0. The first-order valence-corrected chi connectivity index (χ1v) is 10.9. The van der Waals surface area contributed by atoms with Gasteiger partial charge >= 0.3 is 0 Å². The van der Waals surface area contributed by atoms with Gasteiger partial charge < -0.3 is 15.3 Å². The molecule has 1 heterocycles. The Labute approximate surface area is 164 Å². The van der Waals surface area contributed by atoms with Gasteiger partial charge in [-0.25, -0.2) is 0 Å². The van der Waals surface area contributed by atoms with Crippen LogP contribution in [-0.4, -0.2) is 41.7 Å². The van der Waals surface area contributed by atoms with Crippen molar-refractivity contribution in [2.75, 3.05) is 19.7 Å². The highest BCUT2D eigenvalue weighted by Crippen LogP contribution is 2.41. The zero-order valence-electron chi connectivity index (χ0n) is 17.0. The van der Waals surface area contributed by atoms with Crippen LogP contribution in [0.5, 0.6) is 0 Å². The maximum atomic E-state index is 13.2. The van der Waals surface area contributed by atoms with Crippen LogP contribution in [0.3, 0.4) is 0 Å². The molecule has 150 valence electrons. The largest absolute Gasteiger partial charge is 0.395 e. The van der Waals surface area contributed by atoms with E-state index in [1.165, 1.54) is 43.2 Å². The van der Waals surface area contributed by atoms with Gasteiger partial charge in [0.1, 0.15) is 0 Å². The molecule has 1 aromatic rings. The van der Waals surface area contributed by atoms with Crippen LogP contribution in [0.15, 0.2) is 24.3 Å². The highest BCUT2D eigenvalue weighted by atomic mass is 16.3. The lowest BCUT2D eigenvalue weighted by Gasteiger charge is -2.43. The lowest BCUT2D eigenvalue weighted by molar-refractivity contribution is -0.135. The van der Waals surface area contributed by atoms with Gasteiger partial charge in [0.05, 0.1) is 19.2 Å². The van der Waals surface area contributed by atoms with Gasteiger partial charge in [-0.1, -0.05) is 63.8 Å². The molecule has 1 aromatic carbocycles. The number of nitrogens with zero attached hydrogens (tertiary/aromatic N) is 1. The number of aliphatic hydroxyl groups excluding tert-OH is 1. The Bertz CT molecular complexity index is 612. The summed E-state index contributed by atoms with van der Waals surface area (Å²) in [5.41, 5.74) is 2.78. The van der Waals surface area contributed by atoms with E-state index in [1.54, 1.807) is 0 Å². The summed E-state index contributed by atoms with van der Waals surface area (Å²) in [7, 11) is 0. The quantitative estimate of drug-likeness (QED) is 0.767. The number of amides is 1. The van der Waals surface area contributed by atoms with Crippen molar-refractivity contribution in [3.8, 4) is 0 Å². The fraction of sp³-hybridized carbons (Fsp3) is 0.696. The second-order valence-corrected chi connectivity index (χ2v) is 8.43. The van der Waals surface area contributed by atoms with Crippen molar-refractivity contribution in [3.05, 3.63) is 35.4 Å². The topological polar surface area (TPSA) is 52.6 Å². The molecule has 4 heteroatoms. The molecule has 2 aliphatic rings. The lowest BCUT2D eigenvalue weighted by Crippen LogP contribution is -2.49. The van der Waals surface area contributed by atoms with Crippen molar-refractivity contribution < 1.29 is 9.90 Å². The number of aliphatic hydroxyl groups is 1. The molecular weight excluding hydrogens is 336 g/mol. The van der Waals surface area contributed by atoms with E-state index in [-0.39, 0.29) is 24.6 Å². The van der Waals surface area contributed by atoms with E-state index in [9.17, 15) is 9.90 Å². The highest BCUT2D eigenvalue weighted by molar-refractivity contribution is 5.79. The van der Waals surface area contributed by atoms with Gasteiger partial charge in [0.2, 0.25) is 5.91 Å². The molecule has 0 aromatic heterocycles. The zero-order chi connectivity index (χ0) is 19.2. The molecule has 0 bridgehead atoms. The van der Waals surface area contributed by atoms with Crippen LogP contribution >= 0.6 is 0 Å². The number of rotatable bonds is 7. The molecule has 1 aliphatic heterocycles.